The Hall–Kier alpha value is -8.78. The highest BCUT2D eigenvalue weighted by Crippen LogP contribution is 2.41. The molecule has 18 heteroatoms. The van der Waals surface area contributed by atoms with Gasteiger partial charge in [0.15, 0.2) is 16.6 Å². The molecule has 3 N–H and O–H groups in total. The lowest BCUT2D eigenvalue weighted by molar-refractivity contribution is -0.218. The monoisotopic (exact) mass is 1090 g/mol. The molecule has 7 aromatic carbocycles. The quantitative estimate of drug-likeness (QED) is 0.0202. The number of benzene rings is 7. The molecule has 1 saturated heterocycles. The molecule has 3 heterocycles. The van der Waals surface area contributed by atoms with E-state index in [1.54, 1.807) is 5.38 Å². The van der Waals surface area contributed by atoms with E-state index >= 15 is 0 Å². The second-order valence-electron chi connectivity index (χ2n) is 19.2. The molecule has 79 heavy (non-hydrogen) atoms. The van der Waals surface area contributed by atoms with E-state index in [9.17, 15) is 27.4 Å². The Kier molecular flexibility index (Phi) is 15.9. The van der Waals surface area contributed by atoms with E-state index in [1.165, 1.54) is 36.4 Å². The van der Waals surface area contributed by atoms with Gasteiger partial charge in [-0.1, -0.05) is 217 Å². The zero-order valence-corrected chi connectivity index (χ0v) is 44.4. The molecule has 8 aromatic rings. The van der Waals surface area contributed by atoms with Gasteiger partial charge in [0.05, 0.1) is 11.7 Å². The number of amides is 2. The third-order valence-corrected chi connectivity index (χ3v) is 14.7. The molecular formula is C61H54N6O10S2. The number of thiazole rings is 1. The van der Waals surface area contributed by atoms with Gasteiger partial charge >= 0.3 is 10.4 Å². The molecule has 0 bridgehead atoms. The zero-order chi connectivity index (χ0) is 55.0. The van der Waals surface area contributed by atoms with E-state index in [1.807, 2.05) is 212 Å². The molecule has 2 aliphatic rings. The molecule has 1 fully saturated rings. The molecule has 16 nitrogen and oxygen atoms in total. The highest BCUT2D eigenvalue weighted by Gasteiger charge is 2.58. The summed E-state index contributed by atoms with van der Waals surface area (Å²) in [6.45, 7) is 2.57. The number of hydroxylamine groups is 4. The van der Waals surface area contributed by atoms with Crippen LogP contribution >= 0.6 is 11.3 Å². The van der Waals surface area contributed by atoms with Crippen LogP contribution in [0.4, 0.5) is 5.13 Å². The van der Waals surface area contributed by atoms with Crippen molar-refractivity contribution in [3.8, 4) is 0 Å². The van der Waals surface area contributed by atoms with Gasteiger partial charge in [-0.3, -0.25) is 23.8 Å². The number of Topliss-reactive ketones (excluding diaryl/α,β-unsaturated/α-hetero) is 1. The first-order valence-electron chi connectivity index (χ1n) is 25.3. The molecule has 2 aliphatic heterocycles. The summed E-state index contributed by atoms with van der Waals surface area (Å²) < 4.78 is 44.1. The molecule has 0 aliphatic carbocycles. The third kappa shape index (κ3) is 11.9. The number of β-lactam (4-membered cyclic amide) rings is 1. The fourth-order valence-corrected chi connectivity index (χ4v) is 10.8. The normalized spacial score (nSPS) is 16.5. The van der Waals surface area contributed by atoms with E-state index in [0.717, 1.165) is 38.9 Å². The summed E-state index contributed by atoms with van der Waals surface area (Å²) >= 11 is 1.20. The summed E-state index contributed by atoms with van der Waals surface area (Å²) in [6.07, 6.45) is 0.0147. The Morgan fingerprint density at radius 3 is 1.59 bits per heavy atom. The first kappa shape index (κ1) is 53.6. The molecule has 0 spiro atoms. The van der Waals surface area contributed by atoms with Crippen LogP contribution in [0, 0.1) is 0 Å². The van der Waals surface area contributed by atoms with Crippen LogP contribution in [0.3, 0.4) is 0 Å². The van der Waals surface area contributed by atoms with Gasteiger partial charge in [-0.05, 0) is 52.8 Å². The van der Waals surface area contributed by atoms with Gasteiger partial charge in [-0.25, -0.2) is 10.0 Å². The topological polar surface area (TPSA) is 198 Å². The number of nitrogens with one attached hydrogen (secondary N) is 2. The van der Waals surface area contributed by atoms with Crippen LogP contribution in [-0.2, 0) is 49.0 Å². The van der Waals surface area contributed by atoms with Crippen molar-refractivity contribution in [2.24, 2.45) is 5.16 Å². The summed E-state index contributed by atoms with van der Waals surface area (Å²) in [7, 11) is -5.10. The zero-order valence-electron chi connectivity index (χ0n) is 42.8. The fourth-order valence-electron chi connectivity index (χ4n) is 9.64. The first-order chi connectivity index (χ1) is 38.3. The van der Waals surface area contributed by atoms with E-state index in [2.05, 4.69) is 20.1 Å². The van der Waals surface area contributed by atoms with Gasteiger partial charge in [0, 0.05) is 11.8 Å². The maximum absolute atomic E-state index is 14.7. The van der Waals surface area contributed by atoms with Gasteiger partial charge in [0.2, 0.25) is 5.78 Å². The molecule has 0 radical (unpaired) electrons. The van der Waals surface area contributed by atoms with Gasteiger partial charge in [-0.2, -0.15) is 13.5 Å². The number of ketones is 1. The van der Waals surface area contributed by atoms with Crippen molar-refractivity contribution in [1.29, 1.82) is 0 Å². The van der Waals surface area contributed by atoms with Gasteiger partial charge < -0.3 is 20.2 Å². The fraction of sp³-hybridized carbons (Fsp3) is 0.164. The van der Waals surface area contributed by atoms with Crippen LogP contribution in [0.1, 0.15) is 77.1 Å². The number of aromatic nitrogens is 1. The summed E-state index contributed by atoms with van der Waals surface area (Å²) in [4.78, 5) is 60.6. The van der Waals surface area contributed by atoms with Crippen molar-refractivity contribution < 1.29 is 46.1 Å². The van der Waals surface area contributed by atoms with Crippen LogP contribution in [0.2, 0.25) is 0 Å². The molecule has 1 aromatic heterocycles. The highest BCUT2D eigenvalue weighted by molar-refractivity contribution is 7.80. The largest absolute Gasteiger partial charge is 0.476 e. The summed E-state index contributed by atoms with van der Waals surface area (Å²) in [5.74, 6) is -2.18. The number of carbonyl (C=O) groups is 3. The van der Waals surface area contributed by atoms with Gasteiger partial charge in [0.1, 0.15) is 42.1 Å². The second kappa shape index (κ2) is 23.4. The molecule has 2 amide bonds. The minimum Gasteiger partial charge on any atom is -0.476 e. The smallest absolute Gasteiger partial charge is 0.418 e. The third-order valence-electron chi connectivity index (χ3n) is 13.6. The van der Waals surface area contributed by atoms with Gasteiger partial charge in [-0.15, -0.1) is 15.6 Å². The van der Waals surface area contributed by atoms with Crippen LogP contribution < -0.4 is 10.6 Å². The first-order valence-corrected chi connectivity index (χ1v) is 27.5. The standard InChI is InChI=1S/C61H54N6O10S2/c1-60(2)56(58(70)67(60)77-79(71,72)73)63-57(69)53(50-41-78-59(62-50)64-61(46-32-18-7-19-33-46,47-34-20-8-21-35-47)48-36-22-9-23-37-48)65-74-40-49-38-51(68)52(75-54(42-24-10-3-11-25-42)43-26-12-4-13-27-43)39-66(49)76-55(44-28-14-5-15-29-44)45-30-16-6-17-31-45/h3-37,39,41,49,54-56H,38,40H2,1-2H3,(H,62,64)(H,63,69)(H,71,72,73)/b65-53-/t49?,56-/m1/s1. The Morgan fingerprint density at radius 2 is 1.15 bits per heavy atom. The number of nitrogens with zero attached hydrogens (tertiary/aromatic N) is 4. The summed E-state index contributed by atoms with van der Waals surface area (Å²) in [5.41, 5.74) is 3.21. The minimum atomic E-state index is -5.10. The number of hydrogen-bond donors (Lipinski definition) is 3. The van der Waals surface area contributed by atoms with Crippen molar-refractivity contribution in [3.63, 3.8) is 0 Å². The summed E-state index contributed by atoms with van der Waals surface area (Å²) in [6, 6.07) is 65.8. The van der Waals surface area contributed by atoms with Crippen LogP contribution in [0.25, 0.3) is 0 Å². The molecule has 2 atom stereocenters. The lowest BCUT2D eigenvalue weighted by atomic mass is 9.77. The molecule has 0 saturated carbocycles. The van der Waals surface area contributed by atoms with Crippen molar-refractivity contribution in [3.05, 3.63) is 274 Å². The van der Waals surface area contributed by atoms with Crippen molar-refractivity contribution in [2.75, 3.05) is 11.9 Å². The minimum absolute atomic E-state index is 0.0392. The number of ether oxygens (including phenoxy) is 1. The number of oxime groups is 1. The number of carbonyl (C=O) groups excluding carboxylic acids is 3. The predicted octanol–water partition coefficient (Wildman–Crippen LogP) is 10.1. The van der Waals surface area contributed by atoms with Crippen LogP contribution in [-0.4, -0.2) is 75.6 Å². The Morgan fingerprint density at radius 1 is 0.709 bits per heavy atom. The lowest BCUT2D eigenvalue weighted by Gasteiger charge is -2.50. The number of allylic oxidation sites excluding steroid dienone is 1. The number of hydrogen-bond acceptors (Lipinski definition) is 14. The Labute approximate surface area is 461 Å². The van der Waals surface area contributed by atoms with Crippen LogP contribution in [0.5, 0.6) is 0 Å². The van der Waals surface area contributed by atoms with E-state index in [-0.39, 0.29) is 36.0 Å². The molecular weight excluding hydrogens is 1040 g/mol. The number of rotatable bonds is 21. The Balaban J connectivity index is 1.01. The van der Waals surface area contributed by atoms with E-state index in [0.29, 0.717) is 10.2 Å². The van der Waals surface area contributed by atoms with Gasteiger partial charge in [0.25, 0.3) is 11.8 Å². The maximum Gasteiger partial charge on any atom is 0.418 e. The van der Waals surface area contributed by atoms with E-state index < -0.39 is 57.6 Å². The highest BCUT2D eigenvalue weighted by atomic mass is 32.3. The average Bonchev–Trinajstić information content (AvgIpc) is 4.13. The second-order valence-corrected chi connectivity index (χ2v) is 21.1. The molecule has 400 valence electrons. The van der Waals surface area contributed by atoms with Crippen molar-refractivity contribution >= 4 is 50.2 Å². The molecule has 1 unspecified atom stereocenters. The van der Waals surface area contributed by atoms with Crippen molar-refractivity contribution in [1.82, 2.24) is 20.4 Å². The average molecular weight is 1100 g/mol. The maximum atomic E-state index is 14.7. The number of anilines is 1. The SMILES string of the molecule is CC1(C)[C@H](NC(=O)/C(=N\OCC2CC(=O)C(OC(c3ccccc3)c3ccccc3)=CN2OC(c2ccccc2)c2ccccc2)c2csc(NC(c3ccccc3)(c3ccccc3)c3ccccc3)n2)C(=O)N1OS(=O)(=O)O. The summed E-state index contributed by atoms with van der Waals surface area (Å²) in [5, 5.41) is 14.8. The lowest BCUT2D eigenvalue weighted by Crippen LogP contribution is -2.76. The van der Waals surface area contributed by atoms with E-state index in [4.69, 9.17) is 19.4 Å². The van der Waals surface area contributed by atoms with Crippen LogP contribution in [0.15, 0.2) is 235 Å². The van der Waals surface area contributed by atoms with Crippen molar-refractivity contribution in [2.45, 2.75) is 55.6 Å². The predicted molar refractivity (Wildman–Crippen MR) is 298 cm³/mol. The Bertz CT molecular complexity index is 3390. The molecule has 10 rings (SSSR count).